The Balaban J connectivity index is 2.92. The van der Waals surface area contributed by atoms with Gasteiger partial charge in [-0.1, -0.05) is 19.4 Å². The van der Waals surface area contributed by atoms with Crippen LogP contribution in [0.4, 0.5) is 0 Å². The molecule has 0 spiro atoms. The molecule has 1 rings (SSSR count). The molecule has 0 fully saturated rings. The van der Waals surface area contributed by atoms with Crippen molar-refractivity contribution in [2.75, 3.05) is 6.54 Å². The van der Waals surface area contributed by atoms with Gasteiger partial charge in [0, 0.05) is 13.0 Å². The van der Waals surface area contributed by atoms with Crippen molar-refractivity contribution < 1.29 is 18.3 Å². The SMILES string of the molecule is CCC(CNS(=O)(=O)c1cc(C#N)ccc1C)CC(=O)O. The van der Waals surface area contributed by atoms with Gasteiger partial charge in [-0.2, -0.15) is 5.26 Å². The molecule has 1 aromatic carbocycles. The molecule has 1 unspecified atom stereocenters. The molecule has 0 aliphatic carbocycles. The lowest BCUT2D eigenvalue weighted by Crippen LogP contribution is -2.30. The summed E-state index contributed by atoms with van der Waals surface area (Å²) in [7, 11) is -3.76. The molecule has 0 bridgehead atoms. The zero-order chi connectivity index (χ0) is 16.0. The quantitative estimate of drug-likeness (QED) is 0.796. The largest absolute Gasteiger partial charge is 0.481 e. The van der Waals surface area contributed by atoms with Gasteiger partial charge in [0.05, 0.1) is 16.5 Å². The molecular weight excluding hydrogens is 292 g/mol. The summed E-state index contributed by atoms with van der Waals surface area (Å²) in [5, 5.41) is 17.6. The number of carboxylic acid groups (broad SMARTS) is 1. The standard InChI is InChI=1S/C14H18N2O4S/c1-3-11(7-14(17)18)9-16-21(19,20)13-6-12(8-15)5-4-10(13)2/h4-6,11,16H,3,7,9H2,1-2H3,(H,17,18). The maximum absolute atomic E-state index is 12.3. The molecule has 0 radical (unpaired) electrons. The zero-order valence-electron chi connectivity index (χ0n) is 12.0. The Morgan fingerprint density at radius 3 is 2.67 bits per heavy atom. The van der Waals surface area contributed by atoms with E-state index < -0.39 is 16.0 Å². The third-order valence-electron chi connectivity index (χ3n) is 3.21. The Bertz CT molecular complexity index is 662. The average molecular weight is 310 g/mol. The molecule has 0 aliphatic rings. The Hall–Kier alpha value is -1.91. The summed E-state index contributed by atoms with van der Waals surface area (Å²) in [6.07, 6.45) is 0.474. The lowest BCUT2D eigenvalue weighted by molar-refractivity contribution is -0.138. The van der Waals surface area contributed by atoms with E-state index in [1.54, 1.807) is 19.1 Å². The van der Waals surface area contributed by atoms with Crippen LogP contribution >= 0.6 is 0 Å². The topological polar surface area (TPSA) is 107 Å². The van der Waals surface area contributed by atoms with Crippen molar-refractivity contribution in [3.8, 4) is 6.07 Å². The van der Waals surface area contributed by atoms with E-state index in [-0.39, 0.29) is 29.3 Å². The summed E-state index contributed by atoms with van der Waals surface area (Å²) >= 11 is 0. The number of nitriles is 1. The molecule has 1 aromatic rings. The van der Waals surface area contributed by atoms with Gasteiger partial charge in [0.1, 0.15) is 0 Å². The summed E-state index contributed by atoms with van der Waals surface area (Å²) in [6.45, 7) is 3.51. The van der Waals surface area contributed by atoms with Crippen LogP contribution in [0.3, 0.4) is 0 Å². The number of aryl methyl sites for hydroxylation is 1. The number of hydrogen-bond acceptors (Lipinski definition) is 4. The van der Waals surface area contributed by atoms with Gasteiger partial charge >= 0.3 is 5.97 Å². The molecule has 0 aliphatic heterocycles. The van der Waals surface area contributed by atoms with Crippen molar-refractivity contribution in [2.24, 2.45) is 5.92 Å². The molecule has 0 saturated heterocycles. The first-order valence-electron chi connectivity index (χ1n) is 6.52. The number of carbonyl (C=O) groups is 1. The van der Waals surface area contributed by atoms with Crippen LogP contribution in [0, 0.1) is 24.2 Å². The number of benzene rings is 1. The molecule has 0 saturated carbocycles. The van der Waals surface area contributed by atoms with E-state index in [1.807, 2.05) is 13.0 Å². The lowest BCUT2D eigenvalue weighted by atomic mass is 10.0. The number of carboxylic acids is 1. The van der Waals surface area contributed by atoms with Crippen molar-refractivity contribution in [3.05, 3.63) is 29.3 Å². The smallest absolute Gasteiger partial charge is 0.303 e. The highest BCUT2D eigenvalue weighted by Gasteiger charge is 2.20. The highest BCUT2D eigenvalue weighted by Crippen LogP contribution is 2.17. The molecular formula is C14H18N2O4S. The van der Waals surface area contributed by atoms with E-state index in [9.17, 15) is 13.2 Å². The van der Waals surface area contributed by atoms with Gasteiger partial charge in [0.25, 0.3) is 0 Å². The van der Waals surface area contributed by atoms with Gasteiger partial charge in [-0.15, -0.1) is 0 Å². The van der Waals surface area contributed by atoms with Gasteiger partial charge < -0.3 is 5.11 Å². The highest BCUT2D eigenvalue weighted by molar-refractivity contribution is 7.89. The molecule has 0 amide bonds. The fourth-order valence-electron chi connectivity index (χ4n) is 1.87. The summed E-state index contributed by atoms with van der Waals surface area (Å²) in [4.78, 5) is 10.7. The zero-order valence-corrected chi connectivity index (χ0v) is 12.8. The average Bonchev–Trinajstić information content (AvgIpc) is 2.43. The third kappa shape index (κ3) is 4.85. The van der Waals surface area contributed by atoms with Crippen molar-refractivity contribution in [1.29, 1.82) is 5.26 Å². The maximum Gasteiger partial charge on any atom is 0.303 e. The van der Waals surface area contributed by atoms with E-state index in [2.05, 4.69) is 4.72 Å². The van der Waals surface area contributed by atoms with E-state index in [1.165, 1.54) is 6.07 Å². The number of nitrogens with one attached hydrogen (secondary N) is 1. The summed E-state index contributed by atoms with van der Waals surface area (Å²) in [5.41, 5.74) is 0.798. The minimum atomic E-state index is -3.76. The molecule has 6 nitrogen and oxygen atoms in total. The first kappa shape index (κ1) is 17.1. The molecule has 0 heterocycles. The predicted octanol–water partition coefficient (Wildman–Crippen LogP) is 1.65. The number of rotatable bonds is 7. The van der Waals surface area contributed by atoms with Gasteiger partial charge in [0.2, 0.25) is 10.0 Å². The fraction of sp³-hybridized carbons (Fsp3) is 0.429. The van der Waals surface area contributed by atoms with Gasteiger partial charge in [0.15, 0.2) is 0 Å². The van der Waals surface area contributed by atoms with E-state index in [0.29, 0.717) is 12.0 Å². The highest BCUT2D eigenvalue weighted by atomic mass is 32.2. The molecule has 7 heteroatoms. The Labute approximate surface area is 124 Å². The van der Waals surface area contributed by atoms with Crippen molar-refractivity contribution in [1.82, 2.24) is 4.72 Å². The van der Waals surface area contributed by atoms with Crippen LogP contribution in [0.2, 0.25) is 0 Å². The van der Waals surface area contributed by atoms with Crippen LogP contribution in [0.5, 0.6) is 0 Å². The van der Waals surface area contributed by atoms with Crippen molar-refractivity contribution in [3.63, 3.8) is 0 Å². The first-order valence-corrected chi connectivity index (χ1v) is 8.00. The minimum Gasteiger partial charge on any atom is -0.481 e. The minimum absolute atomic E-state index is 0.0479. The fourth-order valence-corrected chi connectivity index (χ4v) is 3.26. The third-order valence-corrected chi connectivity index (χ3v) is 4.77. The first-order chi connectivity index (χ1) is 9.80. The van der Waals surface area contributed by atoms with Crippen LogP contribution < -0.4 is 4.72 Å². The number of aliphatic carboxylic acids is 1. The van der Waals surface area contributed by atoms with Crippen LogP contribution in [0.25, 0.3) is 0 Å². The van der Waals surface area contributed by atoms with Gasteiger partial charge in [-0.3, -0.25) is 4.79 Å². The second-order valence-electron chi connectivity index (χ2n) is 4.82. The molecule has 21 heavy (non-hydrogen) atoms. The summed E-state index contributed by atoms with van der Waals surface area (Å²) in [6, 6.07) is 6.33. The maximum atomic E-state index is 12.3. The van der Waals surface area contributed by atoms with E-state index in [4.69, 9.17) is 10.4 Å². The Morgan fingerprint density at radius 2 is 2.14 bits per heavy atom. The van der Waals surface area contributed by atoms with Crippen molar-refractivity contribution >= 4 is 16.0 Å². The van der Waals surface area contributed by atoms with Crippen LogP contribution in [0.1, 0.15) is 30.9 Å². The van der Waals surface area contributed by atoms with Crippen molar-refractivity contribution in [2.45, 2.75) is 31.6 Å². The van der Waals surface area contributed by atoms with Crippen LogP contribution in [-0.2, 0) is 14.8 Å². The number of nitrogens with zero attached hydrogens (tertiary/aromatic N) is 1. The second-order valence-corrected chi connectivity index (χ2v) is 6.55. The van der Waals surface area contributed by atoms with Crippen LogP contribution in [0.15, 0.2) is 23.1 Å². The Morgan fingerprint density at radius 1 is 1.48 bits per heavy atom. The summed E-state index contributed by atoms with van der Waals surface area (Å²) < 4.78 is 26.9. The second kappa shape index (κ2) is 7.20. The normalized spacial score (nSPS) is 12.6. The molecule has 114 valence electrons. The molecule has 2 N–H and O–H groups in total. The lowest BCUT2D eigenvalue weighted by Gasteiger charge is -2.15. The molecule has 0 aromatic heterocycles. The predicted molar refractivity (Wildman–Crippen MR) is 77.1 cm³/mol. The molecule has 1 atom stereocenters. The van der Waals surface area contributed by atoms with E-state index in [0.717, 1.165) is 0 Å². The number of hydrogen-bond donors (Lipinski definition) is 2. The van der Waals surface area contributed by atoms with Gasteiger partial charge in [-0.05, 0) is 30.5 Å². The monoisotopic (exact) mass is 310 g/mol. The Kier molecular flexibility index (Phi) is 5.88. The van der Waals surface area contributed by atoms with E-state index >= 15 is 0 Å². The van der Waals surface area contributed by atoms with Gasteiger partial charge in [-0.25, -0.2) is 13.1 Å². The number of sulfonamides is 1. The summed E-state index contributed by atoms with van der Waals surface area (Å²) in [5.74, 6) is -1.22. The van der Waals surface area contributed by atoms with Crippen LogP contribution in [-0.4, -0.2) is 26.0 Å².